The second-order valence-corrected chi connectivity index (χ2v) is 8.27. The molecule has 0 saturated carbocycles. The van der Waals surface area contributed by atoms with Crippen molar-refractivity contribution in [2.24, 2.45) is 5.10 Å². The Labute approximate surface area is 187 Å². The van der Waals surface area contributed by atoms with Crippen LogP contribution < -0.4 is 9.47 Å². The Morgan fingerprint density at radius 1 is 1.13 bits per heavy atom. The fourth-order valence-corrected chi connectivity index (χ4v) is 4.26. The molecule has 2 aliphatic rings. The van der Waals surface area contributed by atoms with Gasteiger partial charge in [-0.25, -0.2) is 5.01 Å². The zero-order valence-electron chi connectivity index (χ0n) is 17.3. The van der Waals surface area contributed by atoms with E-state index in [0.29, 0.717) is 11.6 Å². The van der Waals surface area contributed by atoms with Crippen LogP contribution in [0.25, 0.3) is 0 Å². The highest BCUT2D eigenvalue weighted by Gasteiger charge is 2.41. The van der Waals surface area contributed by atoms with E-state index in [9.17, 15) is 0 Å². The molecule has 0 fully saturated rings. The molecule has 0 radical (unpaired) electrons. The van der Waals surface area contributed by atoms with Crippen molar-refractivity contribution < 1.29 is 9.47 Å². The molecular formula is C26H23ClN2O2. The maximum Gasteiger partial charge on any atom is 0.213 e. The van der Waals surface area contributed by atoms with Gasteiger partial charge >= 0.3 is 0 Å². The average molecular weight is 431 g/mol. The summed E-state index contributed by atoms with van der Waals surface area (Å²) in [5.41, 5.74) is 5.51. The molecule has 0 amide bonds. The first kappa shape index (κ1) is 19.7. The normalized spacial score (nSPS) is 19.2. The summed E-state index contributed by atoms with van der Waals surface area (Å²) in [6.07, 6.45) is 2.21. The van der Waals surface area contributed by atoms with Gasteiger partial charge in [-0.05, 0) is 55.0 Å². The molecule has 0 aromatic heterocycles. The molecule has 0 unspecified atom stereocenters. The van der Waals surface area contributed by atoms with E-state index in [0.717, 1.165) is 40.3 Å². The number of rotatable bonds is 5. The van der Waals surface area contributed by atoms with Crippen molar-refractivity contribution in [3.05, 3.63) is 107 Å². The molecule has 4 nitrogen and oxygen atoms in total. The molecule has 3 aromatic rings. The van der Waals surface area contributed by atoms with Crippen molar-refractivity contribution in [3.8, 4) is 11.5 Å². The van der Waals surface area contributed by atoms with Gasteiger partial charge in [0, 0.05) is 22.6 Å². The Hall–Kier alpha value is -3.24. The van der Waals surface area contributed by atoms with E-state index in [1.54, 1.807) is 6.08 Å². The van der Waals surface area contributed by atoms with Gasteiger partial charge in [0.15, 0.2) is 0 Å². The van der Waals surface area contributed by atoms with Crippen LogP contribution in [0.4, 0.5) is 0 Å². The summed E-state index contributed by atoms with van der Waals surface area (Å²) in [5.74, 6) is 1.65. The summed E-state index contributed by atoms with van der Waals surface area (Å²) in [4.78, 5) is 0. The molecular weight excluding hydrogens is 408 g/mol. The molecule has 0 N–H and O–H groups in total. The largest absolute Gasteiger partial charge is 0.490 e. The van der Waals surface area contributed by atoms with Gasteiger partial charge in [-0.1, -0.05) is 54.1 Å². The summed E-state index contributed by atoms with van der Waals surface area (Å²) < 4.78 is 12.0. The monoisotopic (exact) mass is 430 g/mol. The molecule has 156 valence electrons. The molecule has 5 rings (SSSR count). The van der Waals surface area contributed by atoms with Gasteiger partial charge in [-0.15, -0.1) is 0 Å². The van der Waals surface area contributed by atoms with E-state index in [-0.39, 0.29) is 12.3 Å². The van der Waals surface area contributed by atoms with Gasteiger partial charge in [0.1, 0.15) is 18.1 Å². The molecule has 2 atom stereocenters. The standard InChI is InChI=1S/C26H23ClN2O2/c1-3-14-30-21-11-8-19(9-12-21)26-29-24(22-15-20(27)10-13-25(22)31-26)16-23(28-29)18-6-4-17(2)5-7-18/h3-13,15,24,26H,1,14,16H2,2H3/t24-,26+/m0/s1. The third-order valence-electron chi connectivity index (χ3n) is 5.67. The summed E-state index contributed by atoms with van der Waals surface area (Å²) in [7, 11) is 0. The summed E-state index contributed by atoms with van der Waals surface area (Å²) in [6.45, 7) is 6.26. The highest BCUT2D eigenvalue weighted by molar-refractivity contribution is 6.30. The van der Waals surface area contributed by atoms with Crippen molar-refractivity contribution in [2.75, 3.05) is 6.61 Å². The number of hydrazone groups is 1. The maximum atomic E-state index is 6.41. The predicted octanol–water partition coefficient (Wildman–Crippen LogP) is 6.46. The van der Waals surface area contributed by atoms with Crippen molar-refractivity contribution >= 4 is 17.3 Å². The first-order valence-electron chi connectivity index (χ1n) is 10.3. The fourth-order valence-electron chi connectivity index (χ4n) is 4.08. The third kappa shape index (κ3) is 3.79. The Bertz CT molecular complexity index is 1140. The minimum atomic E-state index is -0.324. The SMILES string of the molecule is C=CCOc1ccc([C@H]2Oc3ccc(Cl)cc3[C@@H]3CC(c4ccc(C)cc4)=NN23)cc1. The van der Waals surface area contributed by atoms with Crippen LogP contribution in [0, 0.1) is 6.92 Å². The lowest BCUT2D eigenvalue weighted by Gasteiger charge is -2.38. The molecule has 0 spiro atoms. The van der Waals surface area contributed by atoms with E-state index in [4.69, 9.17) is 26.2 Å². The van der Waals surface area contributed by atoms with E-state index in [1.807, 2.05) is 42.5 Å². The number of ether oxygens (including phenoxy) is 2. The topological polar surface area (TPSA) is 34.1 Å². The van der Waals surface area contributed by atoms with E-state index >= 15 is 0 Å². The van der Waals surface area contributed by atoms with Crippen LogP contribution >= 0.6 is 11.6 Å². The van der Waals surface area contributed by atoms with Crippen LogP contribution in [0.1, 0.15) is 40.9 Å². The van der Waals surface area contributed by atoms with Crippen LogP contribution in [0.2, 0.25) is 5.02 Å². The highest BCUT2D eigenvalue weighted by atomic mass is 35.5. The Balaban J connectivity index is 1.52. The number of halogens is 1. The number of benzene rings is 3. The first-order valence-corrected chi connectivity index (χ1v) is 10.7. The molecule has 2 aliphatic heterocycles. The van der Waals surface area contributed by atoms with Crippen molar-refractivity contribution in [2.45, 2.75) is 25.6 Å². The Morgan fingerprint density at radius 3 is 2.65 bits per heavy atom. The second-order valence-electron chi connectivity index (χ2n) is 7.83. The minimum Gasteiger partial charge on any atom is -0.490 e. The number of hydrogen-bond acceptors (Lipinski definition) is 4. The van der Waals surface area contributed by atoms with Crippen LogP contribution in [0.15, 0.2) is 84.5 Å². The van der Waals surface area contributed by atoms with Gasteiger partial charge in [0.25, 0.3) is 0 Å². The van der Waals surface area contributed by atoms with Gasteiger partial charge < -0.3 is 9.47 Å². The summed E-state index contributed by atoms with van der Waals surface area (Å²) in [6, 6.07) is 22.4. The van der Waals surface area contributed by atoms with Crippen molar-refractivity contribution in [1.29, 1.82) is 0 Å². The number of nitrogens with zero attached hydrogens (tertiary/aromatic N) is 2. The number of hydrogen-bond donors (Lipinski definition) is 0. The van der Waals surface area contributed by atoms with Crippen molar-refractivity contribution in [1.82, 2.24) is 5.01 Å². The van der Waals surface area contributed by atoms with Crippen LogP contribution in [0.5, 0.6) is 11.5 Å². The van der Waals surface area contributed by atoms with Gasteiger partial charge in [-0.2, -0.15) is 5.10 Å². The number of fused-ring (bicyclic) bond motifs is 3. The van der Waals surface area contributed by atoms with Crippen LogP contribution in [-0.4, -0.2) is 17.3 Å². The first-order chi connectivity index (χ1) is 15.1. The van der Waals surface area contributed by atoms with Gasteiger partial charge in [0.05, 0.1) is 11.8 Å². The maximum absolute atomic E-state index is 6.41. The van der Waals surface area contributed by atoms with E-state index < -0.39 is 0 Å². The predicted molar refractivity (Wildman–Crippen MR) is 124 cm³/mol. The molecule has 31 heavy (non-hydrogen) atoms. The number of aryl methyl sites for hydroxylation is 1. The minimum absolute atomic E-state index is 0.0699. The molecule has 5 heteroatoms. The summed E-state index contributed by atoms with van der Waals surface area (Å²) >= 11 is 6.32. The summed E-state index contributed by atoms with van der Waals surface area (Å²) in [5, 5.41) is 7.77. The fraction of sp³-hybridized carbons (Fsp3) is 0.192. The van der Waals surface area contributed by atoms with Gasteiger partial charge in [-0.3, -0.25) is 0 Å². The molecule has 0 saturated heterocycles. The average Bonchev–Trinajstić information content (AvgIpc) is 3.24. The van der Waals surface area contributed by atoms with Crippen LogP contribution in [-0.2, 0) is 0 Å². The Morgan fingerprint density at radius 2 is 1.90 bits per heavy atom. The third-order valence-corrected chi connectivity index (χ3v) is 5.90. The van der Waals surface area contributed by atoms with Gasteiger partial charge in [0.2, 0.25) is 6.23 Å². The molecule has 0 bridgehead atoms. The van der Waals surface area contributed by atoms with Crippen LogP contribution in [0.3, 0.4) is 0 Å². The second kappa shape index (κ2) is 8.12. The zero-order chi connectivity index (χ0) is 21.4. The molecule has 3 aromatic carbocycles. The lowest BCUT2D eigenvalue weighted by Crippen LogP contribution is -2.33. The highest BCUT2D eigenvalue weighted by Crippen LogP contribution is 2.48. The zero-order valence-corrected chi connectivity index (χ0v) is 18.0. The molecule has 2 heterocycles. The van der Waals surface area contributed by atoms with E-state index in [1.165, 1.54) is 5.56 Å². The quantitative estimate of drug-likeness (QED) is 0.436. The van der Waals surface area contributed by atoms with Crippen molar-refractivity contribution in [3.63, 3.8) is 0 Å². The van der Waals surface area contributed by atoms with E-state index in [2.05, 4.69) is 42.8 Å². The molecule has 0 aliphatic carbocycles. The Kier molecular flexibility index (Phi) is 5.16. The lowest BCUT2D eigenvalue weighted by atomic mass is 9.95. The lowest BCUT2D eigenvalue weighted by molar-refractivity contribution is -0.0190. The smallest absolute Gasteiger partial charge is 0.213 e.